The van der Waals surface area contributed by atoms with Crippen LogP contribution in [0.15, 0.2) is 0 Å². The summed E-state index contributed by atoms with van der Waals surface area (Å²) in [5.41, 5.74) is 0. The van der Waals surface area contributed by atoms with Crippen LogP contribution in [-0.4, -0.2) is 31.9 Å². The van der Waals surface area contributed by atoms with Crippen LogP contribution >= 0.6 is 0 Å². The minimum Gasteiger partial charge on any atom is -0.371 e. The highest BCUT2D eigenvalue weighted by Crippen LogP contribution is 2.25. The van der Waals surface area contributed by atoms with E-state index in [1.165, 1.54) is 0 Å². The Morgan fingerprint density at radius 2 is 2.09 bits per heavy atom. The minimum absolute atomic E-state index is 0.305. The molecule has 1 atom stereocenters. The summed E-state index contributed by atoms with van der Waals surface area (Å²) in [6, 6.07) is 0. The lowest BCUT2D eigenvalue weighted by molar-refractivity contribution is -0.301. The van der Waals surface area contributed by atoms with Crippen LogP contribution in [0.2, 0.25) is 0 Å². The first-order valence-electron chi connectivity index (χ1n) is 2.94. The molecule has 0 aliphatic carbocycles. The third-order valence-corrected chi connectivity index (χ3v) is 1.12. The number of epoxide rings is 1. The van der Waals surface area contributed by atoms with Crippen LogP contribution in [-0.2, 0) is 9.47 Å². The van der Waals surface area contributed by atoms with Crippen LogP contribution in [0.1, 0.15) is 0 Å². The van der Waals surface area contributed by atoms with E-state index in [1.54, 1.807) is 0 Å². The van der Waals surface area contributed by atoms with Gasteiger partial charge in [-0.3, -0.25) is 0 Å². The molecular weight excluding hydrogens is 168 g/mol. The van der Waals surface area contributed by atoms with Crippen molar-refractivity contribution < 1.29 is 27.0 Å². The molecule has 0 amide bonds. The van der Waals surface area contributed by atoms with Crippen LogP contribution < -0.4 is 0 Å². The summed E-state index contributed by atoms with van der Waals surface area (Å²) >= 11 is 0. The summed E-state index contributed by atoms with van der Waals surface area (Å²) in [5, 5.41) is 0. The maximum Gasteiger partial charge on any atom is 0.416 e. The fourth-order valence-corrected chi connectivity index (χ4v) is 0.431. The zero-order valence-corrected chi connectivity index (χ0v) is 5.40. The van der Waals surface area contributed by atoms with E-state index in [1.807, 2.05) is 0 Å². The van der Waals surface area contributed by atoms with Crippen molar-refractivity contribution in [1.82, 2.24) is 0 Å². The number of halogens is 4. The van der Waals surface area contributed by atoms with Gasteiger partial charge in [-0.15, -0.1) is 0 Å². The van der Waals surface area contributed by atoms with Crippen molar-refractivity contribution in [3.8, 4) is 0 Å². The number of ether oxygens (including phenoxy) is 2. The van der Waals surface area contributed by atoms with E-state index >= 15 is 0 Å². The maximum absolute atomic E-state index is 11.9. The van der Waals surface area contributed by atoms with Gasteiger partial charge in [0.25, 0.3) is 0 Å². The SMILES string of the molecule is FC(F)C(F)(F)OC[C@@H]1CO1. The lowest BCUT2D eigenvalue weighted by Gasteiger charge is -2.14. The van der Waals surface area contributed by atoms with Crippen molar-refractivity contribution in [2.45, 2.75) is 18.6 Å². The van der Waals surface area contributed by atoms with E-state index < -0.39 is 25.2 Å². The largest absolute Gasteiger partial charge is 0.416 e. The molecule has 0 aromatic rings. The molecule has 0 bridgehead atoms. The zero-order valence-electron chi connectivity index (χ0n) is 5.40. The third-order valence-electron chi connectivity index (χ3n) is 1.12. The van der Waals surface area contributed by atoms with Crippen molar-refractivity contribution in [1.29, 1.82) is 0 Å². The average Bonchev–Trinajstić information content (AvgIpc) is 2.65. The molecule has 1 saturated heterocycles. The second-order valence-corrected chi connectivity index (χ2v) is 2.13. The van der Waals surface area contributed by atoms with Gasteiger partial charge in [-0.2, -0.15) is 8.78 Å². The lowest BCUT2D eigenvalue weighted by Crippen LogP contribution is -2.31. The molecule has 0 aromatic carbocycles. The highest BCUT2D eigenvalue weighted by atomic mass is 19.3. The Hall–Kier alpha value is -0.360. The van der Waals surface area contributed by atoms with Gasteiger partial charge in [0.1, 0.15) is 6.10 Å². The molecule has 1 fully saturated rings. The Morgan fingerprint density at radius 3 is 2.45 bits per heavy atom. The molecule has 0 N–H and O–H groups in total. The van der Waals surface area contributed by atoms with Crippen LogP contribution in [0.4, 0.5) is 17.6 Å². The van der Waals surface area contributed by atoms with Crippen LogP contribution in [0.3, 0.4) is 0 Å². The van der Waals surface area contributed by atoms with Gasteiger partial charge in [-0.05, 0) is 0 Å². The molecule has 66 valence electrons. The van der Waals surface area contributed by atoms with E-state index in [-0.39, 0.29) is 0 Å². The van der Waals surface area contributed by atoms with Crippen molar-refractivity contribution in [3.63, 3.8) is 0 Å². The standard InChI is InChI=1S/C5H6F4O2/c6-4(7)5(8,9)11-2-3-1-10-3/h3-4H,1-2H2/t3-/m0/s1. The highest BCUT2D eigenvalue weighted by molar-refractivity contribution is 4.69. The summed E-state index contributed by atoms with van der Waals surface area (Å²) in [6.45, 7) is -0.170. The normalized spacial score (nSPS) is 24.3. The first kappa shape index (κ1) is 8.73. The Kier molecular flexibility index (Phi) is 2.34. The number of hydrogen-bond acceptors (Lipinski definition) is 2. The lowest BCUT2D eigenvalue weighted by atomic mass is 10.5. The minimum atomic E-state index is -4.34. The molecule has 0 spiro atoms. The van der Waals surface area contributed by atoms with Crippen molar-refractivity contribution in [2.24, 2.45) is 0 Å². The predicted molar refractivity (Wildman–Crippen MR) is 26.6 cm³/mol. The predicted octanol–water partition coefficient (Wildman–Crippen LogP) is 1.26. The fourth-order valence-electron chi connectivity index (χ4n) is 0.431. The second kappa shape index (κ2) is 2.94. The Bertz CT molecular complexity index is 134. The molecule has 0 unspecified atom stereocenters. The summed E-state index contributed by atoms with van der Waals surface area (Å²) in [6.07, 6.45) is -8.55. The van der Waals surface area contributed by atoms with Crippen molar-refractivity contribution >= 4 is 0 Å². The number of hydrogen-bond donors (Lipinski definition) is 0. The van der Waals surface area contributed by atoms with Gasteiger partial charge in [-0.25, -0.2) is 8.78 Å². The van der Waals surface area contributed by atoms with E-state index in [4.69, 9.17) is 0 Å². The van der Waals surface area contributed by atoms with Gasteiger partial charge < -0.3 is 9.47 Å². The van der Waals surface area contributed by atoms with E-state index in [2.05, 4.69) is 9.47 Å². The molecule has 0 aromatic heterocycles. The van der Waals surface area contributed by atoms with Crippen LogP contribution in [0.25, 0.3) is 0 Å². The average molecular weight is 174 g/mol. The van der Waals surface area contributed by atoms with Gasteiger partial charge in [-0.1, -0.05) is 0 Å². The maximum atomic E-state index is 11.9. The zero-order chi connectivity index (χ0) is 8.48. The number of rotatable bonds is 4. The van der Waals surface area contributed by atoms with Gasteiger partial charge in [0.2, 0.25) is 0 Å². The van der Waals surface area contributed by atoms with Crippen LogP contribution in [0, 0.1) is 0 Å². The molecule has 1 heterocycles. The van der Waals surface area contributed by atoms with Gasteiger partial charge in [0, 0.05) is 0 Å². The highest BCUT2D eigenvalue weighted by Gasteiger charge is 2.43. The summed E-state index contributed by atoms with van der Waals surface area (Å²) < 4.78 is 54.6. The summed E-state index contributed by atoms with van der Waals surface area (Å²) in [7, 11) is 0. The molecule has 1 aliphatic rings. The Labute approximate surface area is 60.1 Å². The second-order valence-electron chi connectivity index (χ2n) is 2.13. The van der Waals surface area contributed by atoms with Crippen molar-refractivity contribution in [2.75, 3.05) is 13.2 Å². The first-order valence-corrected chi connectivity index (χ1v) is 2.94. The quantitative estimate of drug-likeness (QED) is 0.472. The van der Waals surface area contributed by atoms with Gasteiger partial charge >= 0.3 is 12.5 Å². The molecule has 6 heteroatoms. The van der Waals surface area contributed by atoms with Gasteiger partial charge in [0.15, 0.2) is 0 Å². The molecule has 1 rings (SSSR count). The summed E-state index contributed by atoms with van der Waals surface area (Å²) in [5.74, 6) is 0. The summed E-state index contributed by atoms with van der Waals surface area (Å²) in [4.78, 5) is 0. The Morgan fingerprint density at radius 1 is 1.55 bits per heavy atom. The molecule has 11 heavy (non-hydrogen) atoms. The molecular formula is C5H6F4O2. The molecule has 0 saturated carbocycles. The molecule has 1 aliphatic heterocycles. The smallest absolute Gasteiger partial charge is 0.371 e. The fraction of sp³-hybridized carbons (Fsp3) is 1.00. The monoisotopic (exact) mass is 174 g/mol. The van der Waals surface area contributed by atoms with E-state index in [9.17, 15) is 17.6 Å². The number of alkyl halides is 4. The Balaban J connectivity index is 2.20. The van der Waals surface area contributed by atoms with E-state index in [0.29, 0.717) is 6.61 Å². The molecule has 2 nitrogen and oxygen atoms in total. The topological polar surface area (TPSA) is 21.8 Å². The van der Waals surface area contributed by atoms with E-state index in [0.717, 1.165) is 0 Å². The van der Waals surface area contributed by atoms with Gasteiger partial charge in [0.05, 0.1) is 13.2 Å². The van der Waals surface area contributed by atoms with Crippen molar-refractivity contribution in [3.05, 3.63) is 0 Å². The molecule has 0 radical (unpaired) electrons. The third kappa shape index (κ3) is 2.63. The van der Waals surface area contributed by atoms with Crippen LogP contribution in [0.5, 0.6) is 0 Å². The first-order chi connectivity index (χ1) is 5.02.